The first kappa shape index (κ1) is 22.4. The monoisotopic (exact) mass is 472 g/mol. The van der Waals surface area contributed by atoms with E-state index in [0.29, 0.717) is 52.5 Å². The van der Waals surface area contributed by atoms with Gasteiger partial charge >= 0.3 is 0 Å². The Balaban J connectivity index is 1.33. The number of hydrogen-bond donors (Lipinski definition) is 1. The van der Waals surface area contributed by atoms with Crippen LogP contribution in [-0.2, 0) is 4.79 Å². The van der Waals surface area contributed by atoms with Gasteiger partial charge in [0.05, 0.1) is 22.9 Å². The number of benzene rings is 2. The van der Waals surface area contributed by atoms with Crippen LogP contribution in [0.25, 0.3) is 10.6 Å². The number of nitrogens with zero attached hydrogens (tertiary/aromatic N) is 3. The van der Waals surface area contributed by atoms with Gasteiger partial charge in [0, 0.05) is 31.7 Å². The molecule has 1 N–H and O–H groups in total. The van der Waals surface area contributed by atoms with Crippen LogP contribution in [0.3, 0.4) is 0 Å². The molecule has 0 spiro atoms. The summed E-state index contributed by atoms with van der Waals surface area (Å²) < 4.78 is 13.2. The van der Waals surface area contributed by atoms with Gasteiger partial charge in [-0.2, -0.15) is 0 Å². The average molecular weight is 473 g/mol. The van der Waals surface area contributed by atoms with Crippen molar-refractivity contribution in [2.24, 2.45) is 0 Å². The van der Waals surface area contributed by atoms with Gasteiger partial charge in [0.1, 0.15) is 15.7 Å². The highest BCUT2D eigenvalue weighted by Gasteiger charge is 2.26. The molecule has 1 aromatic heterocycles. The summed E-state index contributed by atoms with van der Waals surface area (Å²) in [6.45, 7) is 4.31. The standard InChI is InChI=1S/C23H22ClFN4O2S/c1-15-21(32-22(26-15)16-6-8-17(25)9-7-16)23(31)29-12-10-28(11-13-29)14-20(30)27-19-5-3-2-4-18(19)24/h2-9H,10-14H2,1H3,(H,27,30). The third kappa shape index (κ3) is 5.15. The second-order valence-corrected chi connectivity index (χ2v) is 8.94. The maximum atomic E-state index is 13.2. The van der Waals surface area contributed by atoms with Crippen LogP contribution >= 0.6 is 22.9 Å². The van der Waals surface area contributed by atoms with Gasteiger partial charge in [-0.25, -0.2) is 9.37 Å². The Morgan fingerprint density at radius 1 is 1.09 bits per heavy atom. The molecule has 2 aromatic carbocycles. The zero-order valence-electron chi connectivity index (χ0n) is 17.5. The van der Waals surface area contributed by atoms with E-state index in [2.05, 4.69) is 10.3 Å². The van der Waals surface area contributed by atoms with Crippen molar-refractivity contribution in [2.45, 2.75) is 6.92 Å². The number of carbonyl (C=O) groups is 2. The topological polar surface area (TPSA) is 65.5 Å². The van der Waals surface area contributed by atoms with E-state index in [1.165, 1.54) is 23.5 Å². The van der Waals surface area contributed by atoms with Gasteiger partial charge in [-0.3, -0.25) is 14.5 Å². The lowest BCUT2D eigenvalue weighted by Gasteiger charge is -2.34. The van der Waals surface area contributed by atoms with Crippen LogP contribution in [0.15, 0.2) is 48.5 Å². The van der Waals surface area contributed by atoms with Crippen molar-refractivity contribution in [3.05, 3.63) is 69.9 Å². The fourth-order valence-corrected chi connectivity index (χ4v) is 4.74. The van der Waals surface area contributed by atoms with E-state index >= 15 is 0 Å². The maximum Gasteiger partial charge on any atom is 0.265 e. The molecule has 6 nitrogen and oxygen atoms in total. The van der Waals surface area contributed by atoms with Crippen molar-refractivity contribution in [3.8, 4) is 10.6 Å². The number of piperazine rings is 1. The van der Waals surface area contributed by atoms with Gasteiger partial charge in [0.25, 0.3) is 5.91 Å². The summed E-state index contributed by atoms with van der Waals surface area (Å²) in [5.41, 5.74) is 2.04. The summed E-state index contributed by atoms with van der Waals surface area (Å²) in [6, 6.07) is 13.2. The number of thiazole rings is 1. The minimum Gasteiger partial charge on any atom is -0.335 e. The molecule has 2 amide bonds. The molecule has 1 saturated heterocycles. The van der Waals surface area contributed by atoms with Gasteiger partial charge in [-0.1, -0.05) is 23.7 Å². The van der Waals surface area contributed by atoms with Gasteiger partial charge in [-0.15, -0.1) is 11.3 Å². The molecule has 0 aliphatic carbocycles. The number of rotatable bonds is 5. The molecule has 9 heteroatoms. The highest BCUT2D eigenvalue weighted by atomic mass is 35.5. The quantitative estimate of drug-likeness (QED) is 0.601. The highest BCUT2D eigenvalue weighted by Crippen LogP contribution is 2.29. The first-order valence-corrected chi connectivity index (χ1v) is 11.4. The number of para-hydroxylation sites is 1. The fraction of sp³-hybridized carbons (Fsp3) is 0.261. The molecule has 1 aliphatic rings. The summed E-state index contributed by atoms with van der Waals surface area (Å²) >= 11 is 7.41. The molecule has 2 heterocycles. The number of halogens is 2. The van der Waals surface area contributed by atoms with Crippen LogP contribution in [0.5, 0.6) is 0 Å². The molecule has 4 rings (SSSR count). The number of hydrogen-bond acceptors (Lipinski definition) is 5. The highest BCUT2D eigenvalue weighted by molar-refractivity contribution is 7.17. The van der Waals surface area contributed by atoms with E-state index in [9.17, 15) is 14.0 Å². The second-order valence-electron chi connectivity index (χ2n) is 7.54. The SMILES string of the molecule is Cc1nc(-c2ccc(F)cc2)sc1C(=O)N1CCN(CC(=O)Nc2ccccc2Cl)CC1. The Kier molecular flexibility index (Phi) is 6.83. The Bertz CT molecular complexity index is 1130. The number of amides is 2. The summed E-state index contributed by atoms with van der Waals surface area (Å²) in [5, 5.41) is 4.02. The van der Waals surface area contributed by atoms with Crippen LogP contribution in [0.2, 0.25) is 5.02 Å². The molecule has 1 aliphatic heterocycles. The van der Waals surface area contributed by atoms with Crippen molar-refractivity contribution in [1.29, 1.82) is 0 Å². The van der Waals surface area contributed by atoms with Crippen molar-refractivity contribution in [3.63, 3.8) is 0 Å². The summed E-state index contributed by atoms with van der Waals surface area (Å²) in [4.78, 5) is 34.3. The normalized spacial score (nSPS) is 14.4. The zero-order chi connectivity index (χ0) is 22.7. The van der Waals surface area contributed by atoms with Crippen LogP contribution in [0.4, 0.5) is 10.1 Å². The Morgan fingerprint density at radius 2 is 1.78 bits per heavy atom. The molecule has 0 saturated carbocycles. The van der Waals surface area contributed by atoms with E-state index < -0.39 is 0 Å². The smallest absolute Gasteiger partial charge is 0.265 e. The van der Waals surface area contributed by atoms with Crippen molar-refractivity contribution in [1.82, 2.24) is 14.8 Å². The molecule has 32 heavy (non-hydrogen) atoms. The summed E-state index contributed by atoms with van der Waals surface area (Å²) in [6.07, 6.45) is 0. The van der Waals surface area contributed by atoms with E-state index in [1.807, 2.05) is 24.0 Å². The molecule has 166 valence electrons. The molecule has 3 aromatic rings. The van der Waals surface area contributed by atoms with Crippen molar-refractivity contribution < 1.29 is 14.0 Å². The van der Waals surface area contributed by atoms with Crippen LogP contribution in [0, 0.1) is 12.7 Å². The Labute approximate surface area is 194 Å². The third-order valence-electron chi connectivity index (χ3n) is 5.26. The predicted molar refractivity (Wildman–Crippen MR) is 125 cm³/mol. The molecule has 0 atom stereocenters. The van der Waals surface area contributed by atoms with E-state index in [4.69, 9.17) is 11.6 Å². The van der Waals surface area contributed by atoms with E-state index in [0.717, 1.165) is 5.56 Å². The Hall–Kier alpha value is -2.81. The number of anilines is 1. The van der Waals surface area contributed by atoms with E-state index in [1.54, 1.807) is 29.2 Å². The average Bonchev–Trinajstić information content (AvgIpc) is 3.17. The zero-order valence-corrected chi connectivity index (χ0v) is 19.0. The third-order valence-corrected chi connectivity index (χ3v) is 6.78. The molecule has 0 bridgehead atoms. The molecule has 0 unspecified atom stereocenters. The summed E-state index contributed by atoms with van der Waals surface area (Å²) in [7, 11) is 0. The van der Waals surface area contributed by atoms with Gasteiger partial charge < -0.3 is 10.2 Å². The minimum absolute atomic E-state index is 0.0615. The lowest BCUT2D eigenvalue weighted by Crippen LogP contribution is -2.50. The second kappa shape index (κ2) is 9.77. The number of aromatic nitrogens is 1. The minimum atomic E-state index is -0.309. The summed E-state index contributed by atoms with van der Waals surface area (Å²) in [5.74, 6) is -0.509. The van der Waals surface area contributed by atoms with E-state index in [-0.39, 0.29) is 24.2 Å². The van der Waals surface area contributed by atoms with Gasteiger partial charge in [0.2, 0.25) is 5.91 Å². The number of carbonyl (C=O) groups excluding carboxylic acids is 2. The molecule has 0 radical (unpaired) electrons. The van der Waals surface area contributed by atoms with Gasteiger partial charge in [0.15, 0.2) is 0 Å². The first-order valence-electron chi connectivity index (χ1n) is 10.2. The lowest BCUT2D eigenvalue weighted by molar-refractivity contribution is -0.117. The van der Waals surface area contributed by atoms with Crippen LogP contribution in [0.1, 0.15) is 15.4 Å². The van der Waals surface area contributed by atoms with Crippen LogP contribution in [-0.4, -0.2) is 59.3 Å². The van der Waals surface area contributed by atoms with Crippen molar-refractivity contribution >= 4 is 40.4 Å². The fourth-order valence-electron chi connectivity index (χ4n) is 3.52. The molecular weight excluding hydrogens is 451 g/mol. The lowest BCUT2D eigenvalue weighted by atomic mass is 10.2. The van der Waals surface area contributed by atoms with Crippen LogP contribution < -0.4 is 5.32 Å². The molecular formula is C23H22ClFN4O2S. The number of aryl methyl sites for hydroxylation is 1. The van der Waals surface area contributed by atoms with Gasteiger partial charge in [-0.05, 0) is 43.3 Å². The maximum absolute atomic E-state index is 13.2. The predicted octanol–water partition coefficient (Wildman–Crippen LogP) is 4.31. The van der Waals surface area contributed by atoms with Crippen molar-refractivity contribution in [2.75, 3.05) is 38.0 Å². The first-order chi connectivity index (χ1) is 15.4. The largest absolute Gasteiger partial charge is 0.335 e. The number of nitrogens with one attached hydrogen (secondary N) is 1. The molecule has 1 fully saturated rings. The Morgan fingerprint density at radius 3 is 2.47 bits per heavy atom.